The summed E-state index contributed by atoms with van der Waals surface area (Å²) in [7, 11) is 0. The molecular formula is C10H10ClN3O. The minimum absolute atomic E-state index is 0.152. The molecule has 0 fully saturated rings. The van der Waals surface area contributed by atoms with Crippen LogP contribution >= 0.6 is 11.6 Å². The van der Waals surface area contributed by atoms with Crippen LogP contribution in [-0.4, -0.2) is 21.6 Å². The number of rotatable bonds is 2. The minimum atomic E-state index is 0.152. The van der Waals surface area contributed by atoms with Crippen LogP contribution in [0.5, 0.6) is 5.75 Å². The predicted molar refractivity (Wildman–Crippen MR) is 59.0 cm³/mol. The Morgan fingerprint density at radius 3 is 2.87 bits per heavy atom. The highest BCUT2D eigenvalue weighted by Crippen LogP contribution is 2.24. The van der Waals surface area contributed by atoms with Crippen molar-refractivity contribution in [3.05, 3.63) is 29.2 Å². The minimum Gasteiger partial charge on any atom is -0.508 e. The van der Waals surface area contributed by atoms with Crippen molar-refractivity contribution in [3.63, 3.8) is 0 Å². The maximum Gasteiger partial charge on any atom is 0.140 e. The molecule has 0 saturated carbocycles. The number of phenolic OH excluding ortho intramolecular Hbond substituents is 1. The van der Waals surface area contributed by atoms with Gasteiger partial charge in [0.2, 0.25) is 0 Å². The largest absolute Gasteiger partial charge is 0.508 e. The van der Waals surface area contributed by atoms with E-state index >= 15 is 0 Å². The Kier molecular flexibility index (Phi) is 2.70. The number of hydrogen-bond donors (Lipinski definition) is 2. The van der Waals surface area contributed by atoms with Gasteiger partial charge in [-0.05, 0) is 24.7 Å². The molecule has 0 aliphatic carbocycles. The summed E-state index contributed by atoms with van der Waals surface area (Å²) in [5, 5.41) is 10.3. The van der Waals surface area contributed by atoms with Gasteiger partial charge in [-0.3, -0.25) is 0 Å². The third-order valence-electron chi connectivity index (χ3n) is 2.05. The Morgan fingerprint density at radius 2 is 2.13 bits per heavy atom. The van der Waals surface area contributed by atoms with Crippen molar-refractivity contribution in [3.8, 4) is 5.75 Å². The molecule has 0 unspecified atom stereocenters. The van der Waals surface area contributed by atoms with Gasteiger partial charge < -0.3 is 10.8 Å². The van der Waals surface area contributed by atoms with Gasteiger partial charge in [-0.1, -0.05) is 11.6 Å². The van der Waals surface area contributed by atoms with E-state index in [1.165, 1.54) is 0 Å². The summed E-state index contributed by atoms with van der Waals surface area (Å²) >= 11 is 5.97. The van der Waals surface area contributed by atoms with E-state index in [1.54, 1.807) is 18.2 Å². The van der Waals surface area contributed by atoms with Gasteiger partial charge in [0.05, 0.1) is 5.52 Å². The maximum absolute atomic E-state index is 9.29. The number of hydrogen-bond acceptors (Lipinski definition) is 4. The quantitative estimate of drug-likeness (QED) is 0.757. The number of halogens is 1. The van der Waals surface area contributed by atoms with Gasteiger partial charge in [0.25, 0.3) is 0 Å². The second-order valence-corrected chi connectivity index (χ2v) is 3.53. The summed E-state index contributed by atoms with van der Waals surface area (Å²) in [6.07, 6.45) is 0.594. The molecule has 0 amide bonds. The average molecular weight is 224 g/mol. The van der Waals surface area contributed by atoms with Crippen LogP contribution in [-0.2, 0) is 6.42 Å². The Morgan fingerprint density at radius 1 is 1.33 bits per heavy atom. The fourth-order valence-electron chi connectivity index (χ4n) is 1.37. The Balaban J connectivity index is 2.62. The van der Waals surface area contributed by atoms with E-state index in [9.17, 15) is 5.11 Å². The number of benzene rings is 1. The highest BCUT2D eigenvalue weighted by atomic mass is 35.5. The van der Waals surface area contributed by atoms with E-state index in [2.05, 4.69) is 9.97 Å². The van der Waals surface area contributed by atoms with E-state index in [0.717, 1.165) is 5.52 Å². The summed E-state index contributed by atoms with van der Waals surface area (Å²) < 4.78 is 0. The summed E-state index contributed by atoms with van der Waals surface area (Å²) in [5.41, 5.74) is 6.13. The van der Waals surface area contributed by atoms with Crippen molar-refractivity contribution in [2.24, 2.45) is 5.73 Å². The van der Waals surface area contributed by atoms with Crippen molar-refractivity contribution in [1.29, 1.82) is 0 Å². The molecule has 0 saturated heterocycles. The first-order valence-corrected chi connectivity index (χ1v) is 4.93. The van der Waals surface area contributed by atoms with Crippen LogP contribution < -0.4 is 5.73 Å². The molecule has 0 aliphatic heterocycles. The summed E-state index contributed by atoms with van der Waals surface area (Å²) in [6, 6.07) is 4.82. The number of phenols is 1. The maximum atomic E-state index is 9.29. The van der Waals surface area contributed by atoms with Crippen LogP contribution in [0.15, 0.2) is 18.2 Å². The zero-order chi connectivity index (χ0) is 10.8. The number of aromatic nitrogens is 2. The van der Waals surface area contributed by atoms with Crippen molar-refractivity contribution in [1.82, 2.24) is 9.97 Å². The van der Waals surface area contributed by atoms with Gasteiger partial charge in [0.15, 0.2) is 0 Å². The first-order valence-electron chi connectivity index (χ1n) is 4.56. The molecule has 0 atom stereocenters. The van der Waals surface area contributed by atoms with Crippen molar-refractivity contribution in [2.75, 3.05) is 6.54 Å². The SMILES string of the molecule is NCCc1nc(Cl)c2cc(O)ccc2n1. The zero-order valence-electron chi connectivity index (χ0n) is 7.94. The van der Waals surface area contributed by atoms with Crippen molar-refractivity contribution in [2.45, 2.75) is 6.42 Å². The smallest absolute Gasteiger partial charge is 0.140 e. The molecule has 3 N–H and O–H groups in total. The van der Waals surface area contributed by atoms with E-state index in [1.807, 2.05) is 0 Å². The fourth-order valence-corrected chi connectivity index (χ4v) is 1.61. The van der Waals surface area contributed by atoms with Crippen LogP contribution in [0.25, 0.3) is 10.9 Å². The lowest BCUT2D eigenvalue weighted by Gasteiger charge is -2.03. The van der Waals surface area contributed by atoms with Crippen molar-refractivity contribution < 1.29 is 5.11 Å². The summed E-state index contributed by atoms with van der Waals surface area (Å²) in [5.74, 6) is 0.778. The third kappa shape index (κ3) is 2.00. The predicted octanol–water partition coefficient (Wildman–Crippen LogP) is 1.49. The monoisotopic (exact) mass is 223 g/mol. The van der Waals surface area contributed by atoms with Gasteiger partial charge in [0, 0.05) is 11.8 Å². The molecule has 15 heavy (non-hydrogen) atoms. The highest BCUT2D eigenvalue weighted by Gasteiger charge is 2.05. The standard InChI is InChI=1S/C10H10ClN3O/c11-10-7-5-6(15)1-2-8(7)13-9(14-10)3-4-12/h1-2,5,15H,3-4,12H2. The first-order chi connectivity index (χ1) is 7.20. The summed E-state index contributed by atoms with van der Waals surface area (Å²) in [4.78, 5) is 8.38. The molecule has 4 nitrogen and oxygen atoms in total. The van der Waals surface area contributed by atoms with Gasteiger partial charge in [-0.2, -0.15) is 0 Å². The second-order valence-electron chi connectivity index (χ2n) is 3.17. The number of fused-ring (bicyclic) bond motifs is 1. The zero-order valence-corrected chi connectivity index (χ0v) is 8.70. The lowest BCUT2D eigenvalue weighted by molar-refractivity contribution is 0.476. The average Bonchev–Trinajstić information content (AvgIpc) is 2.20. The fraction of sp³-hybridized carbons (Fsp3) is 0.200. The molecule has 2 rings (SSSR count). The topological polar surface area (TPSA) is 72.0 Å². The third-order valence-corrected chi connectivity index (χ3v) is 2.34. The number of nitrogens with two attached hydrogens (primary N) is 1. The Bertz CT molecular complexity index is 501. The van der Waals surface area contributed by atoms with Crippen molar-refractivity contribution >= 4 is 22.5 Å². The molecule has 78 valence electrons. The Hall–Kier alpha value is -1.39. The van der Waals surface area contributed by atoms with E-state index in [0.29, 0.717) is 29.3 Å². The molecule has 1 heterocycles. The molecule has 1 aromatic heterocycles. The van der Waals surface area contributed by atoms with Crippen LogP contribution in [0.4, 0.5) is 0 Å². The molecule has 1 aromatic carbocycles. The Labute approximate surface area is 91.7 Å². The molecule has 0 bridgehead atoms. The van der Waals surface area contributed by atoms with Gasteiger partial charge in [0.1, 0.15) is 16.7 Å². The van der Waals surface area contributed by atoms with E-state index in [4.69, 9.17) is 17.3 Å². The van der Waals surface area contributed by atoms with Crippen LogP contribution in [0.1, 0.15) is 5.82 Å². The van der Waals surface area contributed by atoms with Crippen LogP contribution in [0, 0.1) is 0 Å². The molecule has 5 heteroatoms. The summed E-state index contributed by atoms with van der Waals surface area (Å²) in [6.45, 7) is 0.486. The van der Waals surface area contributed by atoms with E-state index in [-0.39, 0.29) is 5.75 Å². The molecule has 0 aliphatic rings. The second kappa shape index (κ2) is 4.00. The molecular weight excluding hydrogens is 214 g/mol. The molecule has 0 spiro atoms. The molecule has 0 radical (unpaired) electrons. The first kappa shape index (κ1) is 10.1. The van der Waals surface area contributed by atoms with Crippen LogP contribution in [0.3, 0.4) is 0 Å². The van der Waals surface area contributed by atoms with Crippen LogP contribution in [0.2, 0.25) is 5.15 Å². The normalized spacial score (nSPS) is 10.8. The highest BCUT2D eigenvalue weighted by molar-refractivity contribution is 6.34. The van der Waals surface area contributed by atoms with Gasteiger partial charge in [-0.25, -0.2) is 9.97 Å². The van der Waals surface area contributed by atoms with Gasteiger partial charge in [-0.15, -0.1) is 0 Å². The van der Waals surface area contributed by atoms with Gasteiger partial charge >= 0.3 is 0 Å². The lowest BCUT2D eigenvalue weighted by atomic mass is 10.2. The number of nitrogens with zero attached hydrogens (tertiary/aromatic N) is 2. The molecule has 2 aromatic rings. The number of aromatic hydroxyl groups is 1. The van der Waals surface area contributed by atoms with E-state index < -0.39 is 0 Å². The lowest BCUT2D eigenvalue weighted by Crippen LogP contribution is -2.06.